The molecule has 0 saturated heterocycles. The molecule has 0 aliphatic rings. The third-order valence-corrected chi connectivity index (χ3v) is 5.22. The van der Waals surface area contributed by atoms with E-state index in [1.807, 2.05) is 0 Å². The van der Waals surface area contributed by atoms with Gasteiger partial charge in [0.2, 0.25) is 0 Å². The van der Waals surface area contributed by atoms with Gasteiger partial charge in [0, 0.05) is 11.3 Å². The summed E-state index contributed by atoms with van der Waals surface area (Å²) >= 11 is 0. The number of hydrogen-bond donors (Lipinski definition) is 1. The highest BCUT2D eigenvalue weighted by Gasteiger charge is 2.21. The predicted molar refractivity (Wildman–Crippen MR) is 95.3 cm³/mol. The number of hydrogen-bond acceptors (Lipinski definition) is 6. The van der Waals surface area contributed by atoms with Crippen LogP contribution in [0.25, 0.3) is 0 Å². The second kappa shape index (κ2) is 8.17. The van der Waals surface area contributed by atoms with E-state index in [0.29, 0.717) is 0 Å². The standard InChI is InChI=1S/C18H18FNO6S/c1-11-15(19)5-4-6-16(11)27(23,24)20-14-9-7-13(8-10-14)18(22)26-12(2)17(21)25-3/h4-10,12,20H,1-3H3/t12-/m0/s1. The molecule has 2 aromatic rings. The second-order valence-corrected chi connectivity index (χ2v) is 7.27. The molecule has 27 heavy (non-hydrogen) atoms. The van der Waals surface area contributed by atoms with Crippen molar-refractivity contribution in [2.75, 3.05) is 11.8 Å². The Morgan fingerprint density at radius 1 is 1.11 bits per heavy atom. The number of sulfonamides is 1. The van der Waals surface area contributed by atoms with Crippen LogP contribution < -0.4 is 4.72 Å². The maximum absolute atomic E-state index is 13.6. The molecule has 0 bridgehead atoms. The van der Waals surface area contributed by atoms with Gasteiger partial charge in [0.05, 0.1) is 17.6 Å². The number of esters is 2. The largest absolute Gasteiger partial charge is 0.466 e. The predicted octanol–water partition coefficient (Wildman–Crippen LogP) is 2.65. The molecular weight excluding hydrogens is 377 g/mol. The van der Waals surface area contributed by atoms with E-state index in [9.17, 15) is 22.4 Å². The Morgan fingerprint density at radius 2 is 1.74 bits per heavy atom. The van der Waals surface area contributed by atoms with Crippen LogP contribution in [0.4, 0.5) is 10.1 Å². The lowest BCUT2D eigenvalue weighted by molar-refractivity contribution is -0.149. The third kappa shape index (κ3) is 4.82. The Hall–Kier alpha value is -2.94. The number of halogens is 1. The molecule has 1 atom stereocenters. The zero-order chi connectivity index (χ0) is 20.2. The molecular formula is C18H18FNO6S. The Labute approximate surface area is 156 Å². The molecule has 0 aromatic heterocycles. The number of carbonyl (C=O) groups excluding carboxylic acids is 2. The first kappa shape index (κ1) is 20.4. The number of rotatable bonds is 6. The van der Waals surface area contributed by atoms with Gasteiger partial charge in [-0.2, -0.15) is 0 Å². The van der Waals surface area contributed by atoms with E-state index in [1.54, 1.807) is 0 Å². The molecule has 0 saturated carbocycles. The molecule has 2 rings (SSSR count). The molecule has 0 heterocycles. The average molecular weight is 395 g/mol. The van der Waals surface area contributed by atoms with Crippen molar-refractivity contribution >= 4 is 27.6 Å². The van der Waals surface area contributed by atoms with Crippen LogP contribution in [0.1, 0.15) is 22.8 Å². The van der Waals surface area contributed by atoms with Crippen molar-refractivity contribution in [1.82, 2.24) is 0 Å². The fourth-order valence-corrected chi connectivity index (χ4v) is 3.52. The van der Waals surface area contributed by atoms with Gasteiger partial charge in [-0.1, -0.05) is 6.07 Å². The van der Waals surface area contributed by atoms with Gasteiger partial charge in [-0.05, 0) is 50.2 Å². The molecule has 2 aromatic carbocycles. The molecule has 0 spiro atoms. The normalized spacial score (nSPS) is 12.1. The minimum atomic E-state index is -4.00. The molecule has 0 radical (unpaired) electrons. The third-order valence-electron chi connectivity index (χ3n) is 3.70. The Balaban J connectivity index is 2.14. The van der Waals surface area contributed by atoms with Crippen LogP contribution in [0.3, 0.4) is 0 Å². The Bertz CT molecular complexity index is 956. The van der Waals surface area contributed by atoms with Crippen LogP contribution in [-0.4, -0.2) is 33.6 Å². The lowest BCUT2D eigenvalue weighted by atomic mass is 10.2. The second-order valence-electron chi connectivity index (χ2n) is 5.62. The van der Waals surface area contributed by atoms with Crippen molar-refractivity contribution in [3.05, 3.63) is 59.4 Å². The zero-order valence-corrected chi connectivity index (χ0v) is 15.7. The van der Waals surface area contributed by atoms with E-state index in [0.717, 1.165) is 0 Å². The summed E-state index contributed by atoms with van der Waals surface area (Å²) in [6.07, 6.45) is -1.07. The van der Waals surface area contributed by atoms with Gasteiger partial charge >= 0.3 is 11.9 Å². The minimum Gasteiger partial charge on any atom is -0.466 e. The highest BCUT2D eigenvalue weighted by Crippen LogP contribution is 2.21. The monoisotopic (exact) mass is 395 g/mol. The molecule has 1 N–H and O–H groups in total. The van der Waals surface area contributed by atoms with Crippen LogP contribution in [0.5, 0.6) is 0 Å². The Kier molecular flexibility index (Phi) is 6.17. The summed E-state index contributed by atoms with van der Waals surface area (Å²) in [7, 11) is -2.83. The van der Waals surface area contributed by atoms with Crippen molar-refractivity contribution in [1.29, 1.82) is 0 Å². The number of nitrogens with one attached hydrogen (secondary N) is 1. The van der Waals surface area contributed by atoms with E-state index >= 15 is 0 Å². The summed E-state index contributed by atoms with van der Waals surface area (Å²) in [5, 5.41) is 0. The highest BCUT2D eigenvalue weighted by atomic mass is 32.2. The van der Waals surface area contributed by atoms with Crippen LogP contribution in [-0.2, 0) is 24.3 Å². The molecule has 0 aliphatic heterocycles. The molecule has 0 amide bonds. The number of carbonyl (C=O) groups is 2. The molecule has 9 heteroatoms. The van der Waals surface area contributed by atoms with Gasteiger partial charge in [-0.25, -0.2) is 22.4 Å². The smallest absolute Gasteiger partial charge is 0.346 e. The van der Waals surface area contributed by atoms with Crippen LogP contribution in [0.15, 0.2) is 47.4 Å². The molecule has 0 unspecified atom stereocenters. The van der Waals surface area contributed by atoms with Crippen LogP contribution in [0.2, 0.25) is 0 Å². The first-order valence-electron chi connectivity index (χ1n) is 7.82. The average Bonchev–Trinajstić information content (AvgIpc) is 2.63. The van der Waals surface area contributed by atoms with Gasteiger partial charge in [0.15, 0.2) is 6.10 Å². The maximum atomic E-state index is 13.6. The Morgan fingerprint density at radius 3 is 2.33 bits per heavy atom. The first-order chi connectivity index (χ1) is 12.7. The van der Waals surface area contributed by atoms with E-state index < -0.39 is 33.9 Å². The van der Waals surface area contributed by atoms with Gasteiger partial charge in [-0.15, -0.1) is 0 Å². The highest BCUT2D eigenvalue weighted by molar-refractivity contribution is 7.92. The van der Waals surface area contributed by atoms with E-state index in [4.69, 9.17) is 4.74 Å². The fourth-order valence-electron chi connectivity index (χ4n) is 2.21. The van der Waals surface area contributed by atoms with E-state index in [-0.39, 0.29) is 21.7 Å². The lowest BCUT2D eigenvalue weighted by Crippen LogP contribution is -2.25. The summed E-state index contributed by atoms with van der Waals surface area (Å²) in [6.45, 7) is 2.74. The van der Waals surface area contributed by atoms with E-state index in [1.165, 1.54) is 63.4 Å². The van der Waals surface area contributed by atoms with Gasteiger partial charge in [0.25, 0.3) is 10.0 Å². The topological polar surface area (TPSA) is 98.8 Å². The molecule has 0 fully saturated rings. The summed E-state index contributed by atoms with van der Waals surface area (Å²) < 4.78 is 50.2. The summed E-state index contributed by atoms with van der Waals surface area (Å²) in [5.74, 6) is -2.09. The number of benzene rings is 2. The lowest BCUT2D eigenvalue weighted by Gasteiger charge is -2.12. The maximum Gasteiger partial charge on any atom is 0.346 e. The van der Waals surface area contributed by atoms with Crippen molar-refractivity contribution < 1.29 is 31.9 Å². The molecule has 0 aliphatic carbocycles. The van der Waals surface area contributed by atoms with Crippen molar-refractivity contribution in [2.45, 2.75) is 24.8 Å². The van der Waals surface area contributed by atoms with Crippen molar-refractivity contribution in [3.8, 4) is 0 Å². The number of ether oxygens (including phenoxy) is 2. The quantitative estimate of drug-likeness (QED) is 0.755. The molecule has 7 nitrogen and oxygen atoms in total. The zero-order valence-electron chi connectivity index (χ0n) is 14.9. The summed E-state index contributed by atoms with van der Waals surface area (Å²) in [5.41, 5.74) is 0.300. The summed E-state index contributed by atoms with van der Waals surface area (Å²) in [6, 6.07) is 9.14. The number of anilines is 1. The first-order valence-corrected chi connectivity index (χ1v) is 9.31. The fraction of sp³-hybridized carbons (Fsp3) is 0.222. The van der Waals surface area contributed by atoms with E-state index in [2.05, 4.69) is 9.46 Å². The minimum absolute atomic E-state index is 0.00185. The van der Waals surface area contributed by atoms with Crippen LogP contribution >= 0.6 is 0 Å². The SMILES string of the molecule is COC(=O)[C@H](C)OC(=O)c1ccc(NS(=O)(=O)c2cccc(F)c2C)cc1. The summed E-state index contributed by atoms with van der Waals surface area (Å²) in [4.78, 5) is 23.1. The van der Waals surface area contributed by atoms with Gasteiger partial charge in [0.1, 0.15) is 5.82 Å². The number of methoxy groups -OCH3 is 1. The molecule has 144 valence electrons. The van der Waals surface area contributed by atoms with Crippen LogP contribution in [0, 0.1) is 12.7 Å². The van der Waals surface area contributed by atoms with Crippen molar-refractivity contribution in [2.24, 2.45) is 0 Å². The van der Waals surface area contributed by atoms with Gasteiger partial charge < -0.3 is 9.47 Å². The van der Waals surface area contributed by atoms with Gasteiger partial charge in [-0.3, -0.25) is 4.72 Å². The van der Waals surface area contributed by atoms with Crippen molar-refractivity contribution in [3.63, 3.8) is 0 Å².